The number of amides is 1. The quantitative estimate of drug-likeness (QED) is 0.775. The number of hydrogen-bond acceptors (Lipinski definition) is 5. The lowest BCUT2D eigenvalue weighted by atomic mass is 9.77. The summed E-state index contributed by atoms with van der Waals surface area (Å²) in [5.41, 5.74) is 0.927. The van der Waals surface area contributed by atoms with Gasteiger partial charge in [-0.2, -0.15) is 0 Å². The first-order valence-corrected chi connectivity index (χ1v) is 10.1. The second kappa shape index (κ2) is 9.09. The molecule has 1 aromatic rings. The van der Waals surface area contributed by atoms with E-state index in [0.29, 0.717) is 29.7 Å². The number of fused-ring (bicyclic) bond motifs is 1. The normalized spacial score (nSPS) is 29.2. The van der Waals surface area contributed by atoms with Gasteiger partial charge in [0.1, 0.15) is 0 Å². The zero-order valence-electron chi connectivity index (χ0n) is 17.0. The third kappa shape index (κ3) is 4.75. The van der Waals surface area contributed by atoms with Crippen molar-refractivity contribution in [3.05, 3.63) is 23.7 Å². The van der Waals surface area contributed by atoms with E-state index in [1.807, 2.05) is 17.9 Å². The summed E-state index contributed by atoms with van der Waals surface area (Å²) in [6.07, 6.45) is 6.76. The average molecular weight is 392 g/mol. The Labute approximate surface area is 166 Å². The number of carboxylic acid groups (broad SMARTS) is 1. The summed E-state index contributed by atoms with van der Waals surface area (Å²) in [6, 6.07) is 2.32. The Kier molecular flexibility index (Phi) is 6.78. The molecule has 7 nitrogen and oxygen atoms in total. The van der Waals surface area contributed by atoms with Crippen LogP contribution in [-0.4, -0.2) is 73.2 Å². The van der Waals surface area contributed by atoms with Crippen molar-refractivity contribution in [3.8, 4) is 0 Å². The van der Waals surface area contributed by atoms with E-state index in [0.717, 1.165) is 44.0 Å². The molecular formula is C21H32N2O5. The maximum absolute atomic E-state index is 12.8. The van der Waals surface area contributed by atoms with Gasteiger partial charge in [0.2, 0.25) is 0 Å². The van der Waals surface area contributed by atoms with Crippen molar-refractivity contribution in [1.29, 1.82) is 0 Å². The van der Waals surface area contributed by atoms with E-state index < -0.39 is 0 Å². The molecule has 28 heavy (non-hydrogen) atoms. The lowest BCUT2D eigenvalue weighted by molar-refractivity contribution is -0.122. The van der Waals surface area contributed by atoms with Crippen molar-refractivity contribution in [2.45, 2.75) is 44.8 Å². The van der Waals surface area contributed by atoms with Crippen molar-refractivity contribution in [3.63, 3.8) is 0 Å². The molecule has 4 atom stereocenters. The van der Waals surface area contributed by atoms with Gasteiger partial charge in [0.15, 0.2) is 5.76 Å². The van der Waals surface area contributed by atoms with E-state index in [9.17, 15) is 4.79 Å². The number of likely N-dealkylation sites (tertiary alicyclic amines) is 1. The Morgan fingerprint density at radius 2 is 1.96 bits per heavy atom. The van der Waals surface area contributed by atoms with Crippen LogP contribution in [0.15, 0.2) is 16.7 Å². The van der Waals surface area contributed by atoms with E-state index in [-0.39, 0.29) is 12.4 Å². The van der Waals surface area contributed by atoms with Crippen LogP contribution >= 0.6 is 0 Å². The molecule has 0 radical (unpaired) electrons. The third-order valence-corrected chi connectivity index (χ3v) is 6.33. The minimum Gasteiger partial charge on any atom is -0.483 e. The predicted molar refractivity (Wildman–Crippen MR) is 104 cm³/mol. The third-order valence-electron chi connectivity index (χ3n) is 6.33. The minimum absolute atomic E-state index is 0.0498. The summed E-state index contributed by atoms with van der Waals surface area (Å²) in [5.74, 6) is 2.48. The molecule has 1 aromatic heterocycles. The van der Waals surface area contributed by atoms with Gasteiger partial charge in [0.05, 0.1) is 12.4 Å². The molecule has 0 bridgehead atoms. The fraction of sp³-hybridized carbons (Fsp3) is 0.714. The van der Waals surface area contributed by atoms with E-state index in [2.05, 4.69) is 19.0 Å². The van der Waals surface area contributed by atoms with E-state index in [4.69, 9.17) is 19.1 Å². The molecule has 3 fully saturated rings. The van der Waals surface area contributed by atoms with Crippen LogP contribution in [0.3, 0.4) is 0 Å². The number of furan rings is 1. The molecule has 1 amide bonds. The summed E-state index contributed by atoms with van der Waals surface area (Å²) in [7, 11) is 4.31. The summed E-state index contributed by atoms with van der Waals surface area (Å²) in [6.45, 7) is 4.29. The van der Waals surface area contributed by atoms with Gasteiger partial charge in [0, 0.05) is 31.3 Å². The molecule has 156 valence electrons. The summed E-state index contributed by atoms with van der Waals surface area (Å²) in [5, 5.41) is 6.89. The Balaban J connectivity index is 0.000000706. The van der Waals surface area contributed by atoms with Crippen LogP contribution in [-0.2, 0) is 9.53 Å². The van der Waals surface area contributed by atoms with Gasteiger partial charge in [0.25, 0.3) is 12.4 Å². The van der Waals surface area contributed by atoms with Crippen LogP contribution < -0.4 is 0 Å². The highest BCUT2D eigenvalue weighted by atomic mass is 16.5. The van der Waals surface area contributed by atoms with Gasteiger partial charge >= 0.3 is 0 Å². The van der Waals surface area contributed by atoms with Gasteiger partial charge < -0.3 is 24.1 Å². The monoisotopic (exact) mass is 392 g/mol. The Bertz CT molecular complexity index is 670. The Morgan fingerprint density at radius 3 is 2.50 bits per heavy atom. The van der Waals surface area contributed by atoms with Crippen LogP contribution in [0, 0.1) is 24.7 Å². The van der Waals surface area contributed by atoms with Crippen LogP contribution in [0.1, 0.15) is 41.8 Å². The number of nitrogens with zero attached hydrogens (tertiary/aromatic N) is 2. The number of likely N-dealkylation sites (N-methyl/N-ethyl adjacent to an activating group) is 1. The molecule has 1 aliphatic heterocycles. The molecule has 0 aromatic carbocycles. The number of ether oxygens (including phenoxy) is 1. The standard InChI is InChI=1S/C20H30N2O3.CH2O2/c1-13-6-7-24-19(13)20(23)22-10-15-8-17(21(2)3)18(9-16(15)11-22)25-12-14-4-5-14;2-1-3/h6-7,14-18H,4-5,8-12H2,1-3H3;1H,(H,2,3)/t15-,16+,17-,18-;/m1./s1. The molecule has 3 aliphatic rings. The molecule has 1 saturated heterocycles. The lowest BCUT2D eigenvalue weighted by Gasteiger charge is -2.41. The first-order valence-electron chi connectivity index (χ1n) is 10.1. The van der Waals surface area contributed by atoms with Crippen molar-refractivity contribution >= 4 is 12.4 Å². The number of carbonyl (C=O) groups is 2. The van der Waals surface area contributed by atoms with Crippen molar-refractivity contribution < 1.29 is 23.8 Å². The molecule has 1 N–H and O–H groups in total. The van der Waals surface area contributed by atoms with Gasteiger partial charge in [-0.1, -0.05) is 0 Å². The summed E-state index contributed by atoms with van der Waals surface area (Å²) in [4.78, 5) is 25.5. The average Bonchev–Trinajstić information content (AvgIpc) is 3.24. The van der Waals surface area contributed by atoms with Crippen molar-refractivity contribution in [2.75, 3.05) is 33.8 Å². The molecule has 7 heteroatoms. The molecule has 0 spiro atoms. The first kappa shape index (κ1) is 20.9. The van der Waals surface area contributed by atoms with E-state index in [1.165, 1.54) is 12.8 Å². The highest BCUT2D eigenvalue weighted by Crippen LogP contribution is 2.40. The van der Waals surface area contributed by atoms with Crippen LogP contribution in [0.4, 0.5) is 0 Å². The Morgan fingerprint density at radius 1 is 1.32 bits per heavy atom. The van der Waals surface area contributed by atoms with Crippen LogP contribution in [0.2, 0.25) is 0 Å². The molecule has 2 heterocycles. The highest BCUT2D eigenvalue weighted by molar-refractivity contribution is 5.93. The topological polar surface area (TPSA) is 83.2 Å². The summed E-state index contributed by atoms with van der Waals surface area (Å²) >= 11 is 0. The van der Waals surface area contributed by atoms with E-state index in [1.54, 1.807) is 6.26 Å². The van der Waals surface area contributed by atoms with Gasteiger partial charge in [-0.3, -0.25) is 9.59 Å². The fourth-order valence-corrected chi connectivity index (χ4v) is 4.56. The van der Waals surface area contributed by atoms with Gasteiger partial charge in [-0.05, 0) is 70.5 Å². The molecule has 4 rings (SSSR count). The molecule has 2 aliphatic carbocycles. The SMILES string of the molecule is Cc1ccoc1C(=O)N1C[C@H]2C[C@@H](N(C)C)[C@H](OCC3CC3)C[C@H]2C1.O=CO. The van der Waals surface area contributed by atoms with Crippen LogP contribution in [0.25, 0.3) is 0 Å². The van der Waals surface area contributed by atoms with Crippen molar-refractivity contribution in [2.24, 2.45) is 17.8 Å². The van der Waals surface area contributed by atoms with Gasteiger partial charge in [-0.25, -0.2) is 0 Å². The highest BCUT2D eigenvalue weighted by Gasteiger charge is 2.45. The number of hydrogen-bond donors (Lipinski definition) is 1. The smallest absolute Gasteiger partial charge is 0.290 e. The Hall–Kier alpha value is -1.86. The van der Waals surface area contributed by atoms with Gasteiger partial charge in [-0.15, -0.1) is 0 Å². The summed E-state index contributed by atoms with van der Waals surface area (Å²) < 4.78 is 11.7. The maximum Gasteiger partial charge on any atom is 0.290 e. The molecule has 0 unspecified atom stereocenters. The largest absolute Gasteiger partial charge is 0.483 e. The number of aryl methyl sites for hydroxylation is 1. The maximum atomic E-state index is 12.8. The fourth-order valence-electron chi connectivity index (χ4n) is 4.56. The minimum atomic E-state index is -0.250. The van der Waals surface area contributed by atoms with Crippen LogP contribution in [0.5, 0.6) is 0 Å². The lowest BCUT2D eigenvalue weighted by Crippen LogP contribution is -2.48. The zero-order valence-corrected chi connectivity index (χ0v) is 17.0. The van der Waals surface area contributed by atoms with Crippen molar-refractivity contribution in [1.82, 2.24) is 9.80 Å². The second-order valence-corrected chi connectivity index (χ2v) is 8.59. The zero-order chi connectivity index (χ0) is 20.3. The number of carbonyl (C=O) groups excluding carboxylic acids is 1. The molecular weight excluding hydrogens is 360 g/mol. The first-order chi connectivity index (χ1) is 13.4. The predicted octanol–water partition coefficient (Wildman–Crippen LogP) is 2.50. The molecule has 2 saturated carbocycles. The van der Waals surface area contributed by atoms with E-state index >= 15 is 0 Å². The number of rotatable bonds is 5. The second-order valence-electron chi connectivity index (χ2n) is 8.59.